The zero-order valence-corrected chi connectivity index (χ0v) is 13.0. The molecule has 0 radical (unpaired) electrons. The van der Waals surface area contributed by atoms with E-state index in [1.54, 1.807) is 6.33 Å². The Bertz CT molecular complexity index is 649. The molecule has 0 amide bonds. The minimum atomic E-state index is 0.398. The van der Waals surface area contributed by atoms with E-state index in [1.807, 2.05) is 6.20 Å². The smallest absolute Gasteiger partial charge is 0.161 e. The largest absolute Gasteiger partial charge is 0.381 e. The van der Waals surface area contributed by atoms with Gasteiger partial charge < -0.3 is 10.1 Å². The number of nitrogens with zero attached hydrogens (tertiary/aromatic N) is 4. The first kappa shape index (κ1) is 14.1. The van der Waals surface area contributed by atoms with Crippen molar-refractivity contribution in [1.29, 1.82) is 0 Å². The Hall–Kier alpha value is -1.53. The summed E-state index contributed by atoms with van der Waals surface area (Å²) in [6, 6.07) is 0.398. The molecule has 0 aromatic carbocycles. The lowest BCUT2D eigenvalue weighted by Gasteiger charge is -2.22. The van der Waals surface area contributed by atoms with Crippen LogP contribution < -0.4 is 5.32 Å². The fraction of sp³-hybridized carbons (Fsp3) is 0.688. The molecule has 2 aliphatic heterocycles. The molecule has 1 N–H and O–H groups in total. The number of rotatable bonds is 3. The Kier molecular flexibility index (Phi) is 3.80. The molecule has 2 aliphatic rings. The molecule has 2 aromatic heterocycles. The van der Waals surface area contributed by atoms with Gasteiger partial charge in [0.15, 0.2) is 5.65 Å². The Labute approximate surface area is 130 Å². The lowest BCUT2D eigenvalue weighted by atomic mass is 9.90. The number of nitrogens with one attached hydrogen (secondary N) is 1. The first-order chi connectivity index (χ1) is 10.9. The van der Waals surface area contributed by atoms with Crippen molar-refractivity contribution in [2.24, 2.45) is 5.92 Å². The van der Waals surface area contributed by atoms with Gasteiger partial charge in [-0.25, -0.2) is 14.6 Å². The van der Waals surface area contributed by atoms with Gasteiger partial charge in [-0.2, -0.15) is 5.10 Å². The van der Waals surface area contributed by atoms with Crippen LogP contribution in [0.5, 0.6) is 0 Å². The highest BCUT2D eigenvalue weighted by molar-refractivity contribution is 5.78. The summed E-state index contributed by atoms with van der Waals surface area (Å²) in [6.45, 7) is 5.98. The van der Waals surface area contributed by atoms with Crippen molar-refractivity contribution in [3.05, 3.63) is 18.2 Å². The Morgan fingerprint density at radius 2 is 2.18 bits per heavy atom. The molecule has 2 saturated heterocycles. The fourth-order valence-corrected chi connectivity index (χ4v) is 3.84. The van der Waals surface area contributed by atoms with Crippen molar-refractivity contribution in [3.63, 3.8) is 0 Å². The number of hydrogen-bond acceptors (Lipinski definition) is 5. The zero-order chi connectivity index (χ0) is 14.9. The predicted molar refractivity (Wildman–Crippen MR) is 83.8 cm³/mol. The van der Waals surface area contributed by atoms with Crippen molar-refractivity contribution in [2.45, 2.75) is 38.1 Å². The van der Waals surface area contributed by atoms with E-state index < -0.39 is 0 Å². The van der Waals surface area contributed by atoms with Crippen LogP contribution in [-0.4, -0.2) is 46.1 Å². The molecule has 0 unspecified atom stereocenters. The molecule has 22 heavy (non-hydrogen) atoms. The second kappa shape index (κ2) is 5.93. The van der Waals surface area contributed by atoms with Gasteiger partial charge in [-0.15, -0.1) is 0 Å². The lowest BCUT2D eigenvalue weighted by molar-refractivity contribution is 0.0671. The molecular weight excluding hydrogens is 278 g/mol. The Morgan fingerprint density at radius 1 is 1.32 bits per heavy atom. The molecular formula is C16H23N5O. The average molecular weight is 301 g/mol. The van der Waals surface area contributed by atoms with Crippen LogP contribution in [0.15, 0.2) is 12.5 Å². The van der Waals surface area contributed by atoms with E-state index in [1.165, 1.54) is 12.1 Å². The molecule has 2 atom stereocenters. The SMILES string of the molecule is CC[C@@H]1CNC[C@H]1c1nn(C2CCOCC2)c2ncncc12. The van der Waals surface area contributed by atoms with Gasteiger partial charge >= 0.3 is 0 Å². The van der Waals surface area contributed by atoms with Crippen LogP contribution in [0.4, 0.5) is 0 Å². The van der Waals surface area contributed by atoms with E-state index in [0.29, 0.717) is 17.9 Å². The third-order valence-corrected chi connectivity index (χ3v) is 5.15. The summed E-state index contributed by atoms with van der Waals surface area (Å²) in [4.78, 5) is 8.77. The highest BCUT2D eigenvalue weighted by atomic mass is 16.5. The summed E-state index contributed by atoms with van der Waals surface area (Å²) in [5, 5.41) is 9.65. The molecule has 0 aliphatic carbocycles. The summed E-state index contributed by atoms with van der Waals surface area (Å²) >= 11 is 0. The summed E-state index contributed by atoms with van der Waals surface area (Å²) in [7, 11) is 0. The van der Waals surface area contributed by atoms with Gasteiger partial charge in [-0.3, -0.25) is 0 Å². The van der Waals surface area contributed by atoms with Crippen LogP contribution in [0.1, 0.15) is 43.8 Å². The zero-order valence-electron chi connectivity index (χ0n) is 13.0. The molecule has 0 saturated carbocycles. The van der Waals surface area contributed by atoms with Crippen molar-refractivity contribution in [2.75, 3.05) is 26.3 Å². The monoisotopic (exact) mass is 301 g/mol. The summed E-state index contributed by atoms with van der Waals surface area (Å²) in [5.74, 6) is 1.13. The van der Waals surface area contributed by atoms with Crippen molar-refractivity contribution in [3.8, 4) is 0 Å². The second-order valence-electron chi connectivity index (χ2n) is 6.37. The van der Waals surface area contributed by atoms with E-state index >= 15 is 0 Å². The molecule has 0 bridgehead atoms. The molecule has 4 heterocycles. The number of hydrogen-bond donors (Lipinski definition) is 1. The fourth-order valence-electron chi connectivity index (χ4n) is 3.84. The maximum absolute atomic E-state index is 5.49. The summed E-state index contributed by atoms with van der Waals surface area (Å²) in [5.41, 5.74) is 2.16. The Morgan fingerprint density at radius 3 is 3.00 bits per heavy atom. The maximum atomic E-state index is 5.49. The third-order valence-electron chi connectivity index (χ3n) is 5.15. The summed E-state index contributed by atoms with van der Waals surface area (Å²) < 4.78 is 7.63. The van der Waals surface area contributed by atoms with Gasteiger partial charge in [0.25, 0.3) is 0 Å². The molecule has 6 heteroatoms. The molecule has 0 spiro atoms. The predicted octanol–water partition coefficient (Wildman–Crippen LogP) is 1.89. The van der Waals surface area contributed by atoms with E-state index in [4.69, 9.17) is 9.84 Å². The number of fused-ring (bicyclic) bond motifs is 1. The van der Waals surface area contributed by atoms with Crippen LogP contribution in [0.3, 0.4) is 0 Å². The van der Waals surface area contributed by atoms with E-state index in [2.05, 4.69) is 26.9 Å². The molecule has 6 nitrogen and oxygen atoms in total. The van der Waals surface area contributed by atoms with E-state index in [9.17, 15) is 0 Å². The van der Waals surface area contributed by atoms with Crippen molar-refractivity contribution >= 4 is 11.0 Å². The molecule has 2 fully saturated rings. The number of ether oxygens (including phenoxy) is 1. The van der Waals surface area contributed by atoms with Gasteiger partial charge in [-0.05, 0) is 25.3 Å². The van der Waals surface area contributed by atoms with Crippen molar-refractivity contribution in [1.82, 2.24) is 25.1 Å². The highest BCUT2D eigenvalue weighted by Crippen LogP contribution is 2.35. The lowest BCUT2D eigenvalue weighted by Crippen LogP contribution is -2.21. The van der Waals surface area contributed by atoms with E-state index in [-0.39, 0.29) is 0 Å². The normalized spacial score (nSPS) is 26.8. The van der Waals surface area contributed by atoms with Crippen molar-refractivity contribution < 1.29 is 4.74 Å². The van der Waals surface area contributed by atoms with Gasteiger partial charge in [0.05, 0.1) is 17.1 Å². The van der Waals surface area contributed by atoms with Crippen LogP contribution in [0.2, 0.25) is 0 Å². The number of aromatic nitrogens is 4. The minimum absolute atomic E-state index is 0.398. The van der Waals surface area contributed by atoms with Crippen LogP contribution in [0.25, 0.3) is 11.0 Å². The highest BCUT2D eigenvalue weighted by Gasteiger charge is 2.32. The van der Waals surface area contributed by atoms with Crippen LogP contribution in [0, 0.1) is 5.92 Å². The first-order valence-electron chi connectivity index (χ1n) is 8.35. The van der Waals surface area contributed by atoms with Gasteiger partial charge in [0, 0.05) is 31.9 Å². The molecule has 118 valence electrons. The summed E-state index contributed by atoms with van der Waals surface area (Å²) in [6.07, 6.45) is 6.77. The van der Waals surface area contributed by atoms with Crippen LogP contribution >= 0.6 is 0 Å². The van der Waals surface area contributed by atoms with Gasteiger partial charge in [0.1, 0.15) is 6.33 Å². The Balaban J connectivity index is 1.78. The average Bonchev–Trinajstić information content (AvgIpc) is 3.19. The maximum Gasteiger partial charge on any atom is 0.161 e. The first-order valence-corrected chi connectivity index (χ1v) is 8.35. The third kappa shape index (κ3) is 2.30. The van der Waals surface area contributed by atoms with Gasteiger partial charge in [-0.1, -0.05) is 13.3 Å². The molecule has 4 rings (SSSR count). The standard InChI is InChI=1S/C16H23N5O/c1-2-11-7-17-8-13(11)15-14-9-18-10-19-16(14)21(20-15)12-3-5-22-6-4-12/h9-13,17H,2-8H2,1H3/t11-,13-/m1/s1. The second-order valence-corrected chi connectivity index (χ2v) is 6.37. The quantitative estimate of drug-likeness (QED) is 0.938. The minimum Gasteiger partial charge on any atom is -0.381 e. The molecule has 2 aromatic rings. The topological polar surface area (TPSA) is 64.9 Å². The van der Waals surface area contributed by atoms with Gasteiger partial charge in [0.2, 0.25) is 0 Å². The van der Waals surface area contributed by atoms with Crippen LogP contribution in [-0.2, 0) is 4.74 Å². The van der Waals surface area contributed by atoms with E-state index in [0.717, 1.165) is 50.2 Å².